The lowest BCUT2D eigenvalue weighted by molar-refractivity contribution is -0.169. The van der Waals surface area contributed by atoms with Crippen molar-refractivity contribution in [2.75, 3.05) is 18.6 Å². The topological polar surface area (TPSA) is 101 Å². The number of anilines is 1. The van der Waals surface area contributed by atoms with Crippen LogP contribution in [0.25, 0.3) is 11.3 Å². The second kappa shape index (κ2) is 9.71. The molecule has 1 aliphatic rings. The predicted molar refractivity (Wildman–Crippen MR) is 116 cm³/mol. The van der Waals surface area contributed by atoms with Crippen LogP contribution in [0.1, 0.15) is 12.5 Å². The van der Waals surface area contributed by atoms with Crippen molar-refractivity contribution in [2.45, 2.75) is 30.8 Å². The molecule has 34 heavy (non-hydrogen) atoms. The summed E-state index contributed by atoms with van der Waals surface area (Å²) in [6.07, 6.45) is -2.14. The van der Waals surface area contributed by atoms with Crippen molar-refractivity contribution < 1.29 is 32.9 Å². The Morgan fingerprint density at radius 2 is 1.97 bits per heavy atom. The average molecular weight is 497 g/mol. The van der Waals surface area contributed by atoms with Gasteiger partial charge >= 0.3 is 0 Å². The lowest BCUT2D eigenvalue weighted by Crippen LogP contribution is -2.52. The zero-order valence-corrected chi connectivity index (χ0v) is 18.5. The lowest BCUT2D eigenvalue weighted by atomic mass is 9.94. The number of rotatable bonds is 5. The van der Waals surface area contributed by atoms with Crippen molar-refractivity contribution in [1.82, 2.24) is 15.0 Å². The third kappa shape index (κ3) is 4.64. The van der Waals surface area contributed by atoms with E-state index in [1.165, 1.54) is 22.8 Å². The zero-order valence-electron chi connectivity index (χ0n) is 17.8. The molecular weight excluding hydrogens is 477 g/mol. The number of hydrogen-bond donors (Lipinski definition) is 2. The van der Waals surface area contributed by atoms with Crippen LogP contribution in [0.2, 0.25) is 5.02 Å². The molecule has 2 N–H and O–H groups in total. The summed E-state index contributed by atoms with van der Waals surface area (Å²) in [5.74, 6) is -4.82. The molecule has 1 aromatic heterocycles. The van der Waals surface area contributed by atoms with Crippen LogP contribution in [0.4, 0.5) is 18.9 Å². The van der Waals surface area contributed by atoms with Gasteiger partial charge in [-0.1, -0.05) is 22.9 Å². The molecule has 4 atom stereocenters. The molecule has 0 aliphatic carbocycles. The Balaban J connectivity index is 1.60. The van der Waals surface area contributed by atoms with Crippen LogP contribution in [0.15, 0.2) is 42.6 Å². The van der Waals surface area contributed by atoms with E-state index in [0.717, 1.165) is 12.1 Å². The van der Waals surface area contributed by atoms with Gasteiger partial charge < -0.3 is 19.8 Å². The Bertz CT molecular complexity index is 1190. The quantitative estimate of drug-likeness (QED) is 0.527. The molecule has 8 nitrogen and oxygen atoms in total. The number of benzene rings is 2. The third-order valence-electron chi connectivity index (χ3n) is 5.68. The zero-order chi connectivity index (χ0) is 24.6. The number of halogens is 4. The summed E-state index contributed by atoms with van der Waals surface area (Å²) in [7, 11) is 1.54. The van der Waals surface area contributed by atoms with Gasteiger partial charge in [0.15, 0.2) is 17.5 Å². The van der Waals surface area contributed by atoms with Crippen LogP contribution in [0.3, 0.4) is 0 Å². The molecule has 0 radical (unpaired) electrons. The second-order valence-corrected chi connectivity index (χ2v) is 8.29. The first-order valence-electron chi connectivity index (χ1n) is 10.2. The van der Waals surface area contributed by atoms with Gasteiger partial charge in [0.25, 0.3) is 5.91 Å². The number of likely N-dealkylation sites (N-methyl/N-ethyl adjacent to an activating group) is 1. The standard InChI is InChI=1S/C22H20ClF3N4O4/c1-29(13-4-2-3-12(23)7-13)22(33)18-8-17(21(32)19(10-31)34-18)30-9-16(27-28-30)11-5-14(24)20(26)15(25)6-11/h2-7,9,17-19,21,31-32H,8,10H2,1H3. The number of nitrogens with zero attached hydrogens (tertiary/aromatic N) is 4. The molecule has 0 bridgehead atoms. The first-order valence-corrected chi connectivity index (χ1v) is 10.6. The smallest absolute Gasteiger partial charge is 0.255 e. The van der Waals surface area contributed by atoms with E-state index in [0.29, 0.717) is 10.7 Å². The molecule has 4 unspecified atom stereocenters. The molecular formula is C22H20ClF3N4O4. The molecule has 180 valence electrons. The van der Waals surface area contributed by atoms with E-state index in [4.69, 9.17) is 16.3 Å². The predicted octanol–water partition coefficient (Wildman–Crippen LogP) is 2.73. The maximum Gasteiger partial charge on any atom is 0.255 e. The van der Waals surface area contributed by atoms with Crippen LogP contribution in [-0.2, 0) is 9.53 Å². The van der Waals surface area contributed by atoms with E-state index >= 15 is 0 Å². The fourth-order valence-corrected chi connectivity index (χ4v) is 4.02. The lowest BCUT2D eigenvalue weighted by Gasteiger charge is -2.39. The maximum absolute atomic E-state index is 13.6. The van der Waals surface area contributed by atoms with E-state index < -0.39 is 54.3 Å². The summed E-state index contributed by atoms with van der Waals surface area (Å²) in [6, 6.07) is 7.33. The summed E-state index contributed by atoms with van der Waals surface area (Å²) in [5, 5.41) is 28.6. The first-order chi connectivity index (χ1) is 16.2. The van der Waals surface area contributed by atoms with Crippen molar-refractivity contribution in [2.24, 2.45) is 0 Å². The minimum atomic E-state index is -1.60. The fraction of sp³-hybridized carbons (Fsp3) is 0.318. The molecule has 3 aromatic rings. The summed E-state index contributed by atoms with van der Waals surface area (Å²) in [6.45, 7) is -0.571. The van der Waals surface area contributed by atoms with E-state index in [1.54, 1.807) is 24.3 Å². The van der Waals surface area contributed by atoms with Crippen molar-refractivity contribution >= 4 is 23.2 Å². The molecule has 1 saturated heterocycles. The third-order valence-corrected chi connectivity index (χ3v) is 5.92. The van der Waals surface area contributed by atoms with E-state index in [-0.39, 0.29) is 17.7 Å². The Kier molecular flexibility index (Phi) is 6.89. The molecule has 12 heteroatoms. The Morgan fingerprint density at radius 1 is 1.26 bits per heavy atom. The summed E-state index contributed by atoms with van der Waals surface area (Å²) in [5.41, 5.74) is 0.486. The second-order valence-electron chi connectivity index (χ2n) is 7.85. The highest BCUT2D eigenvalue weighted by atomic mass is 35.5. The van der Waals surface area contributed by atoms with E-state index in [1.807, 2.05) is 0 Å². The molecule has 0 spiro atoms. The minimum absolute atomic E-state index is 0.0240. The first kappa shape index (κ1) is 24.1. The van der Waals surface area contributed by atoms with Crippen LogP contribution in [0.5, 0.6) is 0 Å². The highest BCUT2D eigenvalue weighted by Crippen LogP contribution is 2.32. The normalized spacial score (nSPS) is 22.6. The highest BCUT2D eigenvalue weighted by Gasteiger charge is 2.42. The molecule has 0 saturated carbocycles. The van der Waals surface area contributed by atoms with Gasteiger partial charge in [-0.2, -0.15) is 0 Å². The number of hydrogen-bond acceptors (Lipinski definition) is 6. The van der Waals surface area contributed by atoms with Gasteiger partial charge in [-0.05, 0) is 30.3 Å². The largest absolute Gasteiger partial charge is 0.394 e. The highest BCUT2D eigenvalue weighted by molar-refractivity contribution is 6.30. The Labute approximate surface area is 197 Å². The Hall–Kier alpha value is -2.99. The summed E-state index contributed by atoms with van der Waals surface area (Å²) >= 11 is 6.01. The van der Waals surface area contributed by atoms with Crippen molar-refractivity contribution in [1.29, 1.82) is 0 Å². The molecule has 1 aliphatic heterocycles. The number of ether oxygens (including phenoxy) is 1. The SMILES string of the molecule is CN(C(=O)C1CC(n2cc(-c3cc(F)c(F)c(F)c3)nn2)C(O)C(CO)O1)c1cccc(Cl)c1. The monoisotopic (exact) mass is 496 g/mol. The van der Waals surface area contributed by atoms with E-state index in [2.05, 4.69) is 10.3 Å². The number of amides is 1. The number of carbonyl (C=O) groups is 1. The van der Waals surface area contributed by atoms with Gasteiger partial charge in [-0.25, -0.2) is 17.9 Å². The maximum atomic E-state index is 13.6. The Morgan fingerprint density at radius 3 is 2.62 bits per heavy atom. The number of aromatic nitrogens is 3. The number of aliphatic hydroxyl groups excluding tert-OH is 2. The number of aliphatic hydroxyl groups is 2. The summed E-state index contributed by atoms with van der Waals surface area (Å²) in [4.78, 5) is 14.5. The minimum Gasteiger partial charge on any atom is -0.394 e. The van der Waals surface area contributed by atoms with Gasteiger partial charge in [0, 0.05) is 29.7 Å². The van der Waals surface area contributed by atoms with E-state index in [9.17, 15) is 28.2 Å². The molecule has 1 amide bonds. The summed E-state index contributed by atoms with van der Waals surface area (Å²) < 4.78 is 47.4. The molecule has 2 aromatic carbocycles. The molecule has 2 heterocycles. The van der Waals surface area contributed by atoms with Gasteiger partial charge in [-0.15, -0.1) is 5.10 Å². The molecule has 4 rings (SSSR count). The van der Waals surface area contributed by atoms with Crippen molar-refractivity contribution in [3.05, 3.63) is 65.1 Å². The van der Waals surface area contributed by atoms with Gasteiger partial charge in [0.2, 0.25) is 0 Å². The van der Waals surface area contributed by atoms with Crippen LogP contribution in [0, 0.1) is 17.5 Å². The molecule has 1 fully saturated rings. The fourth-order valence-electron chi connectivity index (χ4n) is 3.83. The van der Waals surface area contributed by atoms with Gasteiger partial charge in [-0.3, -0.25) is 4.79 Å². The average Bonchev–Trinajstić information content (AvgIpc) is 3.31. The van der Waals surface area contributed by atoms with Gasteiger partial charge in [0.05, 0.1) is 18.8 Å². The van der Waals surface area contributed by atoms with Crippen LogP contribution in [-0.4, -0.2) is 63.1 Å². The van der Waals surface area contributed by atoms with Crippen LogP contribution < -0.4 is 4.90 Å². The van der Waals surface area contributed by atoms with Crippen molar-refractivity contribution in [3.63, 3.8) is 0 Å². The number of carbonyl (C=O) groups excluding carboxylic acids is 1. The van der Waals surface area contributed by atoms with Crippen molar-refractivity contribution in [3.8, 4) is 11.3 Å². The van der Waals surface area contributed by atoms with Gasteiger partial charge in [0.1, 0.15) is 24.0 Å². The van der Waals surface area contributed by atoms with Crippen LogP contribution >= 0.6 is 11.6 Å².